The van der Waals surface area contributed by atoms with Crippen molar-refractivity contribution in [1.82, 2.24) is 0 Å². The van der Waals surface area contributed by atoms with Gasteiger partial charge in [0.15, 0.2) is 6.54 Å². The lowest BCUT2D eigenvalue weighted by Gasteiger charge is -2.18. The molecule has 1 saturated carbocycles. The summed E-state index contributed by atoms with van der Waals surface area (Å²) in [4.78, 5) is 11.9. The van der Waals surface area contributed by atoms with Crippen LogP contribution in [0.25, 0.3) is 0 Å². The maximum atomic E-state index is 13.7. The molecule has 0 aromatic heterocycles. The molecule has 0 unspecified atom stereocenters. The van der Waals surface area contributed by atoms with Crippen LogP contribution in [0, 0.1) is 12.7 Å². The zero-order valence-electron chi connectivity index (χ0n) is 12.8. The summed E-state index contributed by atoms with van der Waals surface area (Å²) in [7, 11) is 0. The summed E-state index contributed by atoms with van der Waals surface area (Å²) >= 11 is 0. The van der Waals surface area contributed by atoms with Gasteiger partial charge < -0.3 is 10.6 Å². The highest BCUT2D eigenvalue weighted by Gasteiger charge is 2.16. The van der Waals surface area contributed by atoms with Gasteiger partial charge in [0.2, 0.25) is 0 Å². The number of benzene rings is 1. The predicted octanol–water partition coefficient (Wildman–Crippen LogP) is 2.75. The minimum atomic E-state index is -0.366. The minimum Gasteiger partial charge on any atom is -0.336 e. The van der Waals surface area contributed by atoms with Crippen molar-refractivity contribution in [3.05, 3.63) is 29.6 Å². The van der Waals surface area contributed by atoms with Crippen LogP contribution in [0.2, 0.25) is 0 Å². The predicted molar refractivity (Wildman–Crippen MR) is 82.7 cm³/mol. The van der Waals surface area contributed by atoms with Gasteiger partial charge in [0.25, 0.3) is 5.91 Å². The lowest BCUT2D eigenvalue weighted by Crippen LogP contribution is -2.91. The quantitative estimate of drug-likeness (QED) is 0.881. The SMILES string of the molecule is Cc1ccc(NC(=O)C[NH2+]C2CCCCCCC2)c(F)c1. The highest BCUT2D eigenvalue weighted by molar-refractivity contribution is 5.91. The first-order chi connectivity index (χ1) is 10.1. The van der Waals surface area contributed by atoms with Crippen LogP contribution in [0.3, 0.4) is 0 Å². The Hall–Kier alpha value is -1.42. The lowest BCUT2D eigenvalue weighted by atomic mass is 9.97. The van der Waals surface area contributed by atoms with Gasteiger partial charge in [-0.3, -0.25) is 4.79 Å². The maximum absolute atomic E-state index is 13.7. The zero-order valence-corrected chi connectivity index (χ0v) is 12.8. The van der Waals surface area contributed by atoms with E-state index in [0.29, 0.717) is 12.6 Å². The van der Waals surface area contributed by atoms with Gasteiger partial charge in [0, 0.05) is 0 Å². The summed E-state index contributed by atoms with van der Waals surface area (Å²) in [6.45, 7) is 2.20. The van der Waals surface area contributed by atoms with Gasteiger partial charge in [0.05, 0.1) is 11.7 Å². The van der Waals surface area contributed by atoms with Crippen molar-refractivity contribution < 1.29 is 14.5 Å². The highest BCUT2D eigenvalue weighted by atomic mass is 19.1. The Labute approximate surface area is 126 Å². The van der Waals surface area contributed by atoms with Crippen molar-refractivity contribution in [3.63, 3.8) is 0 Å². The molecule has 1 aromatic carbocycles. The molecule has 1 fully saturated rings. The van der Waals surface area contributed by atoms with Crippen LogP contribution in [0.4, 0.5) is 10.1 Å². The number of nitrogens with two attached hydrogens (primary N) is 1. The molecule has 0 bridgehead atoms. The van der Waals surface area contributed by atoms with E-state index in [-0.39, 0.29) is 17.4 Å². The molecule has 0 atom stereocenters. The van der Waals surface area contributed by atoms with Crippen molar-refractivity contribution in [2.75, 3.05) is 11.9 Å². The number of hydrogen-bond donors (Lipinski definition) is 2. The molecule has 1 aliphatic rings. The van der Waals surface area contributed by atoms with Crippen LogP contribution in [-0.2, 0) is 4.79 Å². The number of nitrogens with one attached hydrogen (secondary N) is 1. The first-order valence-corrected chi connectivity index (χ1v) is 8.04. The fraction of sp³-hybridized carbons (Fsp3) is 0.588. The number of anilines is 1. The van der Waals surface area contributed by atoms with Gasteiger partial charge in [-0.2, -0.15) is 0 Å². The van der Waals surface area contributed by atoms with Crippen molar-refractivity contribution in [2.45, 2.75) is 57.9 Å². The van der Waals surface area contributed by atoms with E-state index in [1.165, 1.54) is 51.0 Å². The van der Waals surface area contributed by atoms with E-state index >= 15 is 0 Å². The molecule has 1 amide bonds. The Balaban J connectivity index is 1.78. The maximum Gasteiger partial charge on any atom is 0.279 e. The molecule has 21 heavy (non-hydrogen) atoms. The molecule has 116 valence electrons. The van der Waals surface area contributed by atoms with Gasteiger partial charge in [-0.05, 0) is 50.3 Å². The Morgan fingerprint density at radius 1 is 1.24 bits per heavy atom. The standard InChI is InChI=1S/C17H25FN2O/c1-13-9-10-16(15(18)11-13)20-17(21)12-19-14-7-5-3-2-4-6-8-14/h9-11,14,19H,2-8,12H2,1H3,(H,20,21)/p+1. The van der Waals surface area contributed by atoms with Gasteiger partial charge in [-0.15, -0.1) is 0 Å². The lowest BCUT2D eigenvalue weighted by molar-refractivity contribution is -0.680. The molecule has 0 aliphatic heterocycles. The topological polar surface area (TPSA) is 45.7 Å². The molecule has 0 spiro atoms. The summed E-state index contributed by atoms with van der Waals surface area (Å²) in [5, 5.41) is 4.78. The summed E-state index contributed by atoms with van der Waals surface area (Å²) in [6.07, 6.45) is 8.86. The van der Waals surface area contributed by atoms with Crippen molar-refractivity contribution in [2.24, 2.45) is 0 Å². The number of amides is 1. The molecular weight excluding hydrogens is 267 g/mol. The number of halogens is 1. The largest absolute Gasteiger partial charge is 0.336 e. The molecule has 3 nitrogen and oxygen atoms in total. The van der Waals surface area contributed by atoms with E-state index in [1.807, 2.05) is 6.92 Å². The highest BCUT2D eigenvalue weighted by Crippen LogP contribution is 2.16. The van der Waals surface area contributed by atoms with Crippen LogP contribution in [-0.4, -0.2) is 18.5 Å². The molecule has 3 N–H and O–H groups in total. The van der Waals surface area contributed by atoms with Gasteiger partial charge >= 0.3 is 0 Å². The summed E-state index contributed by atoms with van der Waals surface area (Å²) in [5.41, 5.74) is 1.13. The van der Waals surface area contributed by atoms with Crippen LogP contribution in [0.5, 0.6) is 0 Å². The smallest absolute Gasteiger partial charge is 0.279 e. The zero-order chi connectivity index (χ0) is 15.1. The molecule has 1 aromatic rings. The summed E-state index contributed by atoms with van der Waals surface area (Å²) in [5.74, 6) is -0.492. The molecule has 0 radical (unpaired) electrons. The van der Waals surface area contributed by atoms with Gasteiger partial charge in [-0.1, -0.05) is 25.3 Å². The Morgan fingerprint density at radius 3 is 2.57 bits per heavy atom. The number of hydrogen-bond acceptors (Lipinski definition) is 1. The van der Waals surface area contributed by atoms with E-state index in [4.69, 9.17) is 0 Å². The van der Waals surface area contributed by atoms with Crippen molar-refractivity contribution >= 4 is 11.6 Å². The molecule has 0 saturated heterocycles. The first kappa shape index (κ1) is 16.0. The third kappa shape index (κ3) is 5.46. The third-order valence-electron chi connectivity index (χ3n) is 4.19. The summed E-state index contributed by atoms with van der Waals surface area (Å²) < 4.78 is 13.7. The molecule has 1 aliphatic carbocycles. The first-order valence-electron chi connectivity index (χ1n) is 8.04. The fourth-order valence-electron chi connectivity index (χ4n) is 2.92. The Morgan fingerprint density at radius 2 is 1.90 bits per heavy atom. The number of aryl methyl sites for hydroxylation is 1. The van der Waals surface area contributed by atoms with Crippen LogP contribution in [0.15, 0.2) is 18.2 Å². The molecule has 4 heteroatoms. The molecular formula is C17H26FN2O+. The monoisotopic (exact) mass is 293 g/mol. The Bertz CT molecular complexity index is 468. The van der Waals surface area contributed by atoms with E-state index < -0.39 is 0 Å². The van der Waals surface area contributed by atoms with Crippen molar-refractivity contribution in [1.29, 1.82) is 0 Å². The molecule has 0 heterocycles. The number of carbonyl (C=O) groups is 1. The van der Waals surface area contributed by atoms with Crippen LogP contribution >= 0.6 is 0 Å². The second-order valence-corrected chi connectivity index (χ2v) is 6.08. The van der Waals surface area contributed by atoms with Gasteiger partial charge in [-0.25, -0.2) is 4.39 Å². The second-order valence-electron chi connectivity index (χ2n) is 6.08. The average Bonchev–Trinajstić information content (AvgIpc) is 2.41. The number of quaternary nitrogens is 1. The van der Waals surface area contributed by atoms with E-state index in [9.17, 15) is 9.18 Å². The second kappa shape index (κ2) is 8.13. The van der Waals surface area contributed by atoms with E-state index in [0.717, 1.165) is 5.56 Å². The van der Waals surface area contributed by atoms with E-state index in [2.05, 4.69) is 10.6 Å². The number of carbonyl (C=O) groups excluding carboxylic acids is 1. The minimum absolute atomic E-state index is 0.125. The fourth-order valence-corrected chi connectivity index (χ4v) is 2.92. The van der Waals surface area contributed by atoms with Gasteiger partial charge in [0.1, 0.15) is 5.82 Å². The molecule has 2 rings (SSSR count). The number of rotatable bonds is 4. The normalized spacial score (nSPS) is 17.0. The summed E-state index contributed by atoms with van der Waals surface area (Å²) in [6, 6.07) is 5.41. The Kier molecular flexibility index (Phi) is 6.18. The van der Waals surface area contributed by atoms with Crippen LogP contribution < -0.4 is 10.6 Å². The third-order valence-corrected chi connectivity index (χ3v) is 4.19. The van der Waals surface area contributed by atoms with Crippen molar-refractivity contribution in [3.8, 4) is 0 Å². The average molecular weight is 293 g/mol. The van der Waals surface area contributed by atoms with E-state index in [1.54, 1.807) is 12.1 Å². The van der Waals surface area contributed by atoms with Crippen LogP contribution in [0.1, 0.15) is 50.5 Å².